The number of rotatable bonds is 5. The number of carbonyl (C=O) groups is 1. The molecular weight excluding hydrogens is 278 g/mol. The Labute approximate surface area is 131 Å². The highest BCUT2D eigenvalue weighted by Crippen LogP contribution is 2.14. The molecule has 0 aliphatic carbocycles. The molecule has 1 aromatic carbocycles. The lowest BCUT2D eigenvalue weighted by molar-refractivity contribution is -0.117. The summed E-state index contributed by atoms with van der Waals surface area (Å²) in [5.41, 5.74) is 2.12. The number of nitrogens with one attached hydrogen (secondary N) is 2. The van der Waals surface area contributed by atoms with Gasteiger partial charge in [0.05, 0.1) is 12.1 Å². The summed E-state index contributed by atoms with van der Waals surface area (Å²) in [4.78, 5) is 14.6. The third-order valence-electron chi connectivity index (χ3n) is 4.56. The first-order valence-corrected chi connectivity index (χ1v) is 8.24. The Hall–Kier alpha value is -1.43. The van der Waals surface area contributed by atoms with E-state index in [-0.39, 0.29) is 11.9 Å². The number of benzene rings is 1. The van der Waals surface area contributed by atoms with Crippen molar-refractivity contribution in [3.8, 4) is 0 Å². The summed E-state index contributed by atoms with van der Waals surface area (Å²) in [6.07, 6.45) is 3.79. The number of aliphatic hydroxyl groups excluding tert-OH is 1. The van der Waals surface area contributed by atoms with Crippen LogP contribution in [-0.4, -0.2) is 54.2 Å². The summed E-state index contributed by atoms with van der Waals surface area (Å²) >= 11 is 0. The third kappa shape index (κ3) is 4.06. The minimum Gasteiger partial charge on any atom is -0.392 e. The summed E-state index contributed by atoms with van der Waals surface area (Å²) in [5, 5.41) is 15.4. The number of likely N-dealkylation sites (tertiary alicyclic amines) is 1. The monoisotopic (exact) mass is 303 g/mol. The molecule has 0 radical (unpaired) electrons. The first-order valence-electron chi connectivity index (χ1n) is 8.24. The van der Waals surface area contributed by atoms with Crippen LogP contribution in [0.3, 0.4) is 0 Å². The van der Waals surface area contributed by atoms with Gasteiger partial charge < -0.3 is 20.6 Å². The van der Waals surface area contributed by atoms with E-state index in [0.717, 1.165) is 18.7 Å². The lowest BCUT2D eigenvalue weighted by Gasteiger charge is -2.14. The van der Waals surface area contributed by atoms with Crippen LogP contribution in [0, 0.1) is 0 Å². The van der Waals surface area contributed by atoms with Crippen LogP contribution in [-0.2, 0) is 11.2 Å². The van der Waals surface area contributed by atoms with Crippen LogP contribution < -0.4 is 10.6 Å². The molecule has 0 spiro atoms. The van der Waals surface area contributed by atoms with Crippen LogP contribution in [0.1, 0.15) is 24.8 Å². The molecule has 2 unspecified atom stereocenters. The number of aliphatic hydroxyl groups is 1. The molecule has 2 heterocycles. The maximum Gasteiger partial charge on any atom is 0.241 e. The number of hydrogen-bond donors (Lipinski definition) is 3. The zero-order valence-electron chi connectivity index (χ0n) is 12.9. The van der Waals surface area contributed by atoms with E-state index < -0.39 is 6.10 Å². The van der Waals surface area contributed by atoms with Crippen molar-refractivity contribution in [2.75, 3.05) is 31.5 Å². The van der Waals surface area contributed by atoms with Gasteiger partial charge in [-0.05, 0) is 56.5 Å². The third-order valence-corrected chi connectivity index (χ3v) is 4.56. The van der Waals surface area contributed by atoms with Crippen LogP contribution in [0.15, 0.2) is 24.3 Å². The molecule has 0 saturated carbocycles. The van der Waals surface area contributed by atoms with Crippen molar-refractivity contribution in [3.63, 3.8) is 0 Å². The molecule has 3 N–H and O–H groups in total. The molecule has 2 aliphatic rings. The highest BCUT2D eigenvalue weighted by molar-refractivity contribution is 5.95. The maximum absolute atomic E-state index is 12.1. The smallest absolute Gasteiger partial charge is 0.241 e. The van der Waals surface area contributed by atoms with Crippen molar-refractivity contribution in [3.05, 3.63) is 29.8 Å². The molecule has 2 fully saturated rings. The Morgan fingerprint density at radius 1 is 1.27 bits per heavy atom. The minimum atomic E-state index is -0.413. The van der Waals surface area contributed by atoms with Gasteiger partial charge in [-0.3, -0.25) is 4.79 Å². The lowest BCUT2D eigenvalue weighted by atomic mass is 10.1. The van der Waals surface area contributed by atoms with Crippen molar-refractivity contribution in [2.24, 2.45) is 0 Å². The molecule has 3 rings (SSSR count). The van der Waals surface area contributed by atoms with Crippen LogP contribution in [0.5, 0.6) is 0 Å². The number of β-amino-alcohol motifs (C(OH)–C–C–N with tert-alkyl or cyclic N) is 1. The zero-order chi connectivity index (χ0) is 15.4. The average molecular weight is 303 g/mol. The number of nitrogens with zero attached hydrogens (tertiary/aromatic N) is 1. The van der Waals surface area contributed by atoms with Crippen molar-refractivity contribution in [2.45, 2.75) is 37.8 Å². The Bertz CT molecular complexity index is 497. The quantitative estimate of drug-likeness (QED) is 0.759. The van der Waals surface area contributed by atoms with Gasteiger partial charge in [0.25, 0.3) is 0 Å². The predicted molar refractivity (Wildman–Crippen MR) is 86.9 cm³/mol. The SMILES string of the molecule is O=C(Nc1ccc(CCN2CCCC2)cc1)C1CC(O)CN1. The van der Waals surface area contributed by atoms with Crippen LogP contribution in [0.25, 0.3) is 0 Å². The first kappa shape index (κ1) is 15.5. The number of carbonyl (C=O) groups excluding carboxylic acids is 1. The van der Waals surface area contributed by atoms with Crippen LogP contribution >= 0.6 is 0 Å². The van der Waals surface area contributed by atoms with Gasteiger partial charge in [-0.15, -0.1) is 0 Å². The van der Waals surface area contributed by atoms with E-state index in [0.29, 0.717) is 13.0 Å². The largest absolute Gasteiger partial charge is 0.392 e. The Balaban J connectivity index is 1.47. The highest BCUT2D eigenvalue weighted by Gasteiger charge is 2.27. The van der Waals surface area contributed by atoms with E-state index >= 15 is 0 Å². The van der Waals surface area contributed by atoms with E-state index in [2.05, 4.69) is 27.7 Å². The Morgan fingerprint density at radius 2 is 2.00 bits per heavy atom. The summed E-state index contributed by atoms with van der Waals surface area (Å²) in [6, 6.07) is 7.81. The van der Waals surface area contributed by atoms with Gasteiger partial charge in [-0.1, -0.05) is 12.1 Å². The predicted octanol–water partition coefficient (Wildman–Crippen LogP) is 0.986. The van der Waals surface area contributed by atoms with Gasteiger partial charge in [0.15, 0.2) is 0 Å². The zero-order valence-corrected chi connectivity index (χ0v) is 12.9. The van der Waals surface area contributed by atoms with E-state index in [1.54, 1.807) is 0 Å². The molecule has 22 heavy (non-hydrogen) atoms. The first-order chi connectivity index (χ1) is 10.7. The number of anilines is 1. The standard InChI is InChI=1S/C17H25N3O2/c21-15-11-16(18-12-15)17(22)19-14-5-3-13(4-6-14)7-10-20-8-1-2-9-20/h3-6,15-16,18,21H,1-2,7-12H2,(H,19,22). The molecule has 2 saturated heterocycles. The minimum absolute atomic E-state index is 0.0682. The van der Waals surface area contributed by atoms with Crippen molar-refractivity contribution in [1.29, 1.82) is 0 Å². The van der Waals surface area contributed by atoms with Crippen LogP contribution in [0.4, 0.5) is 5.69 Å². The van der Waals surface area contributed by atoms with Gasteiger partial charge in [-0.2, -0.15) is 0 Å². The van der Waals surface area contributed by atoms with E-state index in [1.165, 1.54) is 31.5 Å². The lowest BCUT2D eigenvalue weighted by Crippen LogP contribution is -2.35. The van der Waals surface area contributed by atoms with E-state index in [9.17, 15) is 9.90 Å². The summed E-state index contributed by atoms with van der Waals surface area (Å²) in [6.45, 7) is 4.08. The summed E-state index contributed by atoms with van der Waals surface area (Å²) < 4.78 is 0. The molecular formula is C17H25N3O2. The Morgan fingerprint density at radius 3 is 2.64 bits per heavy atom. The normalized spacial score (nSPS) is 25.5. The van der Waals surface area contributed by atoms with Gasteiger partial charge in [-0.25, -0.2) is 0 Å². The molecule has 0 bridgehead atoms. The second-order valence-electron chi connectivity index (χ2n) is 6.34. The molecule has 1 aromatic rings. The van der Waals surface area contributed by atoms with Gasteiger partial charge in [0.2, 0.25) is 5.91 Å². The summed E-state index contributed by atoms with van der Waals surface area (Å²) in [5.74, 6) is -0.0682. The van der Waals surface area contributed by atoms with Crippen molar-refractivity contribution < 1.29 is 9.90 Å². The summed E-state index contributed by atoms with van der Waals surface area (Å²) in [7, 11) is 0. The number of amides is 1. The molecule has 5 heteroatoms. The second-order valence-corrected chi connectivity index (χ2v) is 6.34. The fraction of sp³-hybridized carbons (Fsp3) is 0.588. The fourth-order valence-electron chi connectivity index (χ4n) is 3.19. The van der Waals surface area contributed by atoms with Crippen molar-refractivity contribution >= 4 is 11.6 Å². The second kappa shape index (κ2) is 7.22. The topological polar surface area (TPSA) is 64.6 Å². The van der Waals surface area contributed by atoms with Gasteiger partial charge in [0, 0.05) is 18.8 Å². The fourth-order valence-corrected chi connectivity index (χ4v) is 3.19. The molecule has 2 atom stereocenters. The maximum atomic E-state index is 12.1. The molecule has 5 nitrogen and oxygen atoms in total. The van der Waals surface area contributed by atoms with E-state index in [4.69, 9.17) is 0 Å². The van der Waals surface area contributed by atoms with Crippen LogP contribution in [0.2, 0.25) is 0 Å². The number of hydrogen-bond acceptors (Lipinski definition) is 4. The average Bonchev–Trinajstić information content (AvgIpc) is 3.18. The molecule has 120 valence electrons. The van der Waals surface area contributed by atoms with Crippen molar-refractivity contribution in [1.82, 2.24) is 10.2 Å². The molecule has 0 aromatic heterocycles. The van der Waals surface area contributed by atoms with E-state index in [1.807, 2.05) is 12.1 Å². The Kier molecular flexibility index (Phi) is 5.08. The highest BCUT2D eigenvalue weighted by atomic mass is 16.3. The molecule has 1 amide bonds. The van der Waals surface area contributed by atoms with Gasteiger partial charge in [0.1, 0.15) is 0 Å². The van der Waals surface area contributed by atoms with Gasteiger partial charge >= 0.3 is 0 Å². The molecule has 2 aliphatic heterocycles.